The normalized spacial score (nSPS) is 11.3. The van der Waals surface area contributed by atoms with Crippen molar-refractivity contribution in [3.63, 3.8) is 0 Å². The van der Waals surface area contributed by atoms with Gasteiger partial charge < -0.3 is 4.74 Å². The first-order valence-electron chi connectivity index (χ1n) is 6.39. The van der Waals surface area contributed by atoms with E-state index in [9.17, 15) is 13.2 Å². The van der Waals surface area contributed by atoms with Crippen LogP contribution in [0.25, 0.3) is 5.65 Å². The summed E-state index contributed by atoms with van der Waals surface area (Å²) in [5.41, 5.74) is 0.427. The molecule has 7 nitrogen and oxygen atoms in total. The van der Waals surface area contributed by atoms with Crippen molar-refractivity contribution in [1.82, 2.24) is 14.1 Å². The molecule has 3 rings (SSSR count). The Kier molecular flexibility index (Phi) is 4.05. The first-order valence-corrected chi connectivity index (χ1v) is 8.67. The maximum absolute atomic E-state index is 12.4. The van der Waals surface area contributed by atoms with E-state index in [1.54, 1.807) is 36.4 Å². The van der Waals surface area contributed by atoms with Crippen LogP contribution in [0.2, 0.25) is 0 Å². The van der Waals surface area contributed by atoms with Crippen molar-refractivity contribution in [2.75, 3.05) is 0 Å². The number of fused-ring (bicyclic) bond motifs is 1. The zero-order valence-electron chi connectivity index (χ0n) is 11.5. The maximum atomic E-state index is 12.4. The third kappa shape index (κ3) is 3.20. The Bertz CT molecular complexity index is 970. The summed E-state index contributed by atoms with van der Waals surface area (Å²) in [5, 5.41) is -0.182. The van der Waals surface area contributed by atoms with Gasteiger partial charge in [-0.05, 0) is 40.2 Å². The molecule has 0 atom stereocenters. The predicted octanol–water partition coefficient (Wildman–Crippen LogP) is 2.57. The molecule has 0 saturated heterocycles. The minimum absolute atomic E-state index is 0.101. The molecule has 2 aromatic heterocycles. The average molecular weight is 396 g/mol. The van der Waals surface area contributed by atoms with Crippen LogP contribution in [0.1, 0.15) is 0 Å². The Morgan fingerprint density at radius 1 is 1.13 bits per heavy atom. The minimum Gasteiger partial charge on any atom is -0.410 e. The Hall–Kier alpha value is -2.39. The van der Waals surface area contributed by atoms with Gasteiger partial charge in [-0.2, -0.15) is 8.42 Å². The largest absolute Gasteiger partial charge is 0.426 e. The van der Waals surface area contributed by atoms with Crippen LogP contribution in [0.4, 0.5) is 4.79 Å². The molecule has 3 aromatic rings. The number of nitrogens with one attached hydrogen (secondary N) is 1. The van der Waals surface area contributed by atoms with Gasteiger partial charge in [0.2, 0.25) is 0 Å². The monoisotopic (exact) mass is 395 g/mol. The summed E-state index contributed by atoms with van der Waals surface area (Å²) in [7, 11) is -4.16. The lowest BCUT2D eigenvalue weighted by molar-refractivity contribution is 0.206. The lowest BCUT2D eigenvalue weighted by Crippen LogP contribution is -2.33. The van der Waals surface area contributed by atoms with Crippen LogP contribution in [0.5, 0.6) is 5.75 Å². The number of carbonyl (C=O) groups excluding carboxylic acids is 1. The maximum Gasteiger partial charge on any atom is 0.426 e. The Labute approximate surface area is 140 Å². The Morgan fingerprint density at radius 3 is 2.57 bits per heavy atom. The second-order valence-electron chi connectivity index (χ2n) is 4.44. The van der Waals surface area contributed by atoms with E-state index in [1.807, 2.05) is 4.72 Å². The molecule has 0 saturated carbocycles. The fourth-order valence-electron chi connectivity index (χ4n) is 1.96. The van der Waals surface area contributed by atoms with E-state index in [-0.39, 0.29) is 15.4 Å². The Balaban J connectivity index is 1.89. The van der Waals surface area contributed by atoms with Crippen LogP contribution >= 0.6 is 15.9 Å². The molecule has 0 bridgehead atoms. The number of halogens is 1. The molecule has 0 aliphatic rings. The van der Waals surface area contributed by atoms with Gasteiger partial charge >= 0.3 is 6.09 Å². The average Bonchev–Trinajstić information content (AvgIpc) is 2.84. The highest BCUT2D eigenvalue weighted by Gasteiger charge is 2.26. The van der Waals surface area contributed by atoms with Gasteiger partial charge in [-0.25, -0.2) is 14.5 Å². The van der Waals surface area contributed by atoms with Crippen molar-refractivity contribution in [1.29, 1.82) is 0 Å². The molecule has 1 N–H and O–H groups in total. The molecule has 0 unspecified atom stereocenters. The van der Waals surface area contributed by atoms with E-state index < -0.39 is 16.1 Å². The van der Waals surface area contributed by atoms with Gasteiger partial charge in [0, 0.05) is 6.20 Å². The SMILES string of the molecule is O=C(NS(=O)(=O)c1c(Br)nc2ccccn12)Oc1ccccc1. The molecule has 23 heavy (non-hydrogen) atoms. The second kappa shape index (κ2) is 6.01. The number of pyridine rings is 1. The summed E-state index contributed by atoms with van der Waals surface area (Å²) in [6.07, 6.45) is 0.429. The summed E-state index contributed by atoms with van der Waals surface area (Å²) < 4.78 is 33.1. The van der Waals surface area contributed by atoms with Crippen molar-refractivity contribution >= 4 is 37.7 Å². The van der Waals surface area contributed by atoms with Gasteiger partial charge in [0.05, 0.1) is 0 Å². The summed E-state index contributed by atoms with van der Waals surface area (Å²) in [5.74, 6) is 0.234. The van der Waals surface area contributed by atoms with Gasteiger partial charge in [0.1, 0.15) is 16.0 Å². The third-order valence-corrected chi connectivity index (χ3v) is 5.02. The first kappa shape index (κ1) is 15.5. The number of rotatable bonds is 3. The highest BCUT2D eigenvalue weighted by Crippen LogP contribution is 2.23. The summed E-state index contributed by atoms with van der Waals surface area (Å²) >= 11 is 3.10. The Morgan fingerprint density at radius 2 is 1.83 bits per heavy atom. The van der Waals surface area contributed by atoms with E-state index in [0.29, 0.717) is 5.65 Å². The fourth-order valence-corrected chi connectivity index (χ4v) is 4.01. The van der Waals surface area contributed by atoms with Gasteiger partial charge in [-0.15, -0.1) is 0 Å². The fraction of sp³-hybridized carbons (Fsp3) is 0. The number of benzene rings is 1. The molecular formula is C14H10BrN3O4S. The quantitative estimate of drug-likeness (QED) is 0.735. The van der Waals surface area contributed by atoms with Crippen molar-refractivity contribution in [3.8, 4) is 5.75 Å². The summed E-state index contributed by atoms with van der Waals surface area (Å²) in [6.45, 7) is 0. The van der Waals surface area contributed by atoms with E-state index in [0.717, 1.165) is 0 Å². The molecule has 1 amide bonds. The van der Waals surface area contributed by atoms with Gasteiger partial charge in [-0.1, -0.05) is 24.3 Å². The van der Waals surface area contributed by atoms with Crippen LogP contribution < -0.4 is 9.46 Å². The number of amides is 1. The number of imidazole rings is 1. The summed E-state index contributed by atoms with van der Waals surface area (Å²) in [6, 6.07) is 13.2. The number of ether oxygens (including phenoxy) is 1. The number of sulfonamides is 1. The number of hydrogen-bond donors (Lipinski definition) is 1. The third-order valence-electron chi connectivity index (χ3n) is 2.87. The molecule has 0 aliphatic heterocycles. The van der Waals surface area contributed by atoms with Crippen molar-refractivity contribution in [2.24, 2.45) is 0 Å². The van der Waals surface area contributed by atoms with Crippen LogP contribution in [0, 0.1) is 0 Å². The number of carbonyl (C=O) groups is 1. The number of para-hydroxylation sites is 1. The standard InChI is InChI=1S/C14H10BrN3O4S/c15-12-13(18-9-5-4-8-11(18)16-12)23(20,21)17-14(19)22-10-6-2-1-3-7-10/h1-9H,(H,17,19). The number of aromatic nitrogens is 2. The van der Waals surface area contributed by atoms with Crippen LogP contribution in [0.15, 0.2) is 64.4 Å². The molecule has 0 radical (unpaired) electrons. The van der Waals surface area contributed by atoms with Crippen LogP contribution in [0.3, 0.4) is 0 Å². The van der Waals surface area contributed by atoms with Crippen LogP contribution in [-0.2, 0) is 10.0 Å². The lowest BCUT2D eigenvalue weighted by atomic mass is 10.3. The second-order valence-corrected chi connectivity index (χ2v) is 6.79. The molecule has 0 fully saturated rings. The first-order chi connectivity index (χ1) is 11.0. The highest BCUT2D eigenvalue weighted by molar-refractivity contribution is 9.10. The van der Waals surface area contributed by atoms with Crippen LogP contribution in [-0.4, -0.2) is 23.9 Å². The minimum atomic E-state index is -4.16. The van der Waals surface area contributed by atoms with Gasteiger partial charge in [0.25, 0.3) is 10.0 Å². The number of nitrogens with zero attached hydrogens (tertiary/aromatic N) is 2. The van der Waals surface area contributed by atoms with Gasteiger partial charge in [-0.3, -0.25) is 4.40 Å². The highest BCUT2D eigenvalue weighted by atomic mass is 79.9. The summed E-state index contributed by atoms with van der Waals surface area (Å²) in [4.78, 5) is 15.9. The zero-order valence-corrected chi connectivity index (χ0v) is 13.9. The smallest absolute Gasteiger partial charge is 0.410 e. The lowest BCUT2D eigenvalue weighted by Gasteiger charge is -2.07. The van der Waals surface area contributed by atoms with Crippen molar-refractivity contribution in [3.05, 3.63) is 59.3 Å². The van der Waals surface area contributed by atoms with E-state index in [2.05, 4.69) is 20.9 Å². The molecule has 0 spiro atoms. The van der Waals surface area contributed by atoms with E-state index >= 15 is 0 Å². The molecule has 1 aromatic carbocycles. The van der Waals surface area contributed by atoms with Crippen molar-refractivity contribution in [2.45, 2.75) is 5.03 Å². The topological polar surface area (TPSA) is 89.8 Å². The molecule has 118 valence electrons. The van der Waals surface area contributed by atoms with E-state index in [4.69, 9.17) is 4.74 Å². The number of hydrogen-bond acceptors (Lipinski definition) is 5. The zero-order chi connectivity index (χ0) is 16.4. The molecular weight excluding hydrogens is 386 g/mol. The van der Waals surface area contributed by atoms with Gasteiger partial charge in [0.15, 0.2) is 5.03 Å². The predicted molar refractivity (Wildman–Crippen MR) is 85.7 cm³/mol. The molecule has 2 heterocycles. The van der Waals surface area contributed by atoms with E-state index in [1.165, 1.54) is 22.7 Å². The van der Waals surface area contributed by atoms with Crippen molar-refractivity contribution < 1.29 is 17.9 Å². The molecule has 0 aliphatic carbocycles. The molecule has 9 heteroatoms.